The second-order valence-electron chi connectivity index (χ2n) is 4.89. The van der Waals surface area contributed by atoms with Crippen LogP contribution in [0, 0.1) is 0 Å². The van der Waals surface area contributed by atoms with Gasteiger partial charge in [0.05, 0.1) is 6.04 Å². The van der Waals surface area contributed by atoms with E-state index in [9.17, 15) is 4.79 Å². The van der Waals surface area contributed by atoms with E-state index in [4.69, 9.17) is 0 Å². The van der Waals surface area contributed by atoms with Crippen LogP contribution in [-0.4, -0.2) is 23.5 Å². The Bertz CT molecular complexity index is 367. The number of nitrogens with zero attached hydrogens (tertiary/aromatic N) is 1. The maximum atomic E-state index is 11.9. The fourth-order valence-electron chi connectivity index (χ4n) is 1.94. The van der Waals surface area contributed by atoms with Crippen LogP contribution in [0.1, 0.15) is 51.6 Å². The number of carbonyl (C=O) groups excluding carboxylic acids is 1. The first-order valence-corrected chi connectivity index (χ1v) is 7.08. The zero-order chi connectivity index (χ0) is 14.1. The highest BCUT2D eigenvalue weighted by Crippen LogP contribution is 2.10. The number of aromatic nitrogens is 1. The zero-order valence-corrected chi connectivity index (χ0v) is 12.1. The van der Waals surface area contributed by atoms with Crippen LogP contribution < -0.4 is 10.6 Å². The van der Waals surface area contributed by atoms with Crippen LogP contribution in [-0.2, 0) is 4.79 Å². The lowest BCUT2D eigenvalue weighted by Crippen LogP contribution is -2.43. The predicted molar refractivity (Wildman–Crippen MR) is 77.8 cm³/mol. The summed E-state index contributed by atoms with van der Waals surface area (Å²) in [6.07, 6.45) is 6.92. The molecule has 1 amide bonds. The normalized spacial score (nSPS) is 13.8. The minimum absolute atomic E-state index is 0.0667. The van der Waals surface area contributed by atoms with Crippen molar-refractivity contribution in [3.63, 3.8) is 0 Å². The van der Waals surface area contributed by atoms with Gasteiger partial charge in [-0.1, -0.05) is 19.8 Å². The van der Waals surface area contributed by atoms with Gasteiger partial charge in [0.15, 0.2) is 0 Å². The van der Waals surface area contributed by atoms with Crippen LogP contribution >= 0.6 is 0 Å². The Hall–Kier alpha value is -1.42. The molecule has 0 fully saturated rings. The summed E-state index contributed by atoms with van der Waals surface area (Å²) < 4.78 is 0. The molecule has 1 aromatic heterocycles. The second kappa shape index (κ2) is 8.64. The van der Waals surface area contributed by atoms with Gasteiger partial charge in [-0.05, 0) is 38.0 Å². The first-order chi connectivity index (χ1) is 9.15. The molecule has 2 atom stereocenters. The van der Waals surface area contributed by atoms with Crippen molar-refractivity contribution in [1.82, 2.24) is 15.6 Å². The van der Waals surface area contributed by atoms with Crippen molar-refractivity contribution >= 4 is 5.91 Å². The third-order valence-electron chi connectivity index (χ3n) is 3.18. The van der Waals surface area contributed by atoms with Gasteiger partial charge in [-0.2, -0.15) is 0 Å². The fourth-order valence-corrected chi connectivity index (χ4v) is 1.94. The number of carbonyl (C=O) groups is 1. The first kappa shape index (κ1) is 15.6. The molecular weight excluding hydrogens is 238 g/mol. The van der Waals surface area contributed by atoms with E-state index in [1.807, 2.05) is 19.1 Å². The summed E-state index contributed by atoms with van der Waals surface area (Å²) in [6.45, 7) is 6.87. The predicted octanol–water partition coefficient (Wildman–Crippen LogP) is 2.43. The summed E-state index contributed by atoms with van der Waals surface area (Å²) in [5.41, 5.74) is 1.14. The minimum atomic E-state index is -0.190. The second-order valence-corrected chi connectivity index (χ2v) is 4.89. The Morgan fingerprint density at radius 3 is 2.58 bits per heavy atom. The number of amides is 1. The van der Waals surface area contributed by atoms with Crippen LogP contribution in [0.25, 0.3) is 0 Å². The lowest BCUT2D eigenvalue weighted by atomic mass is 10.1. The standard InChI is InChI=1S/C15H25N3O/c1-4-5-6-9-17-15(19)13(3)18-12(2)14-7-10-16-11-8-14/h7-8,10-13,18H,4-6,9H2,1-3H3,(H,17,19)/t12-,13?/m0/s1. The lowest BCUT2D eigenvalue weighted by molar-refractivity contribution is -0.122. The molecular formula is C15H25N3O. The summed E-state index contributed by atoms with van der Waals surface area (Å²) in [7, 11) is 0. The molecule has 4 heteroatoms. The molecule has 0 radical (unpaired) electrons. The lowest BCUT2D eigenvalue weighted by Gasteiger charge is -2.19. The Labute approximate surface area is 116 Å². The van der Waals surface area contributed by atoms with E-state index in [-0.39, 0.29) is 18.0 Å². The van der Waals surface area contributed by atoms with E-state index in [0.717, 1.165) is 24.9 Å². The molecule has 0 aliphatic heterocycles. The Balaban J connectivity index is 2.33. The summed E-state index contributed by atoms with van der Waals surface area (Å²) >= 11 is 0. The largest absolute Gasteiger partial charge is 0.355 e. The van der Waals surface area contributed by atoms with E-state index < -0.39 is 0 Å². The van der Waals surface area contributed by atoms with Crippen LogP contribution in [0.4, 0.5) is 0 Å². The number of hydrogen-bond donors (Lipinski definition) is 2. The maximum Gasteiger partial charge on any atom is 0.236 e. The van der Waals surface area contributed by atoms with Crippen molar-refractivity contribution in [2.75, 3.05) is 6.54 Å². The molecule has 4 nitrogen and oxygen atoms in total. The van der Waals surface area contributed by atoms with E-state index in [2.05, 4.69) is 29.5 Å². The highest BCUT2D eigenvalue weighted by molar-refractivity contribution is 5.81. The van der Waals surface area contributed by atoms with E-state index in [0.29, 0.717) is 0 Å². The van der Waals surface area contributed by atoms with Gasteiger partial charge in [-0.3, -0.25) is 15.1 Å². The number of rotatable bonds is 8. The Morgan fingerprint density at radius 1 is 1.26 bits per heavy atom. The van der Waals surface area contributed by atoms with Crippen LogP contribution in [0.15, 0.2) is 24.5 Å². The molecule has 0 saturated heterocycles. The van der Waals surface area contributed by atoms with E-state index >= 15 is 0 Å². The summed E-state index contributed by atoms with van der Waals surface area (Å²) in [4.78, 5) is 15.9. The molecule has 1 unspecified atom stereocenters. The molecule has 1 rings (SSSR count). The van der Waals surface area contributed by atoms with Crippen molar-refractivity contribution in [2.24, 2.45) is 0 Å². The third-order valence-corrected chi connectivity index (χ3v) is 3.18. The molecule has 19 heavy (non-hydrogen) atoms. The molecule has 1 heterocycles. The minimum Gasteiger partial charge on any atom is -0.355 e. The number of hydrogen-bond acceptors (Lipinski definition) is 3. The van der Waals surface area contributed by atoms with Crippen molar-refractivity contribution in [3.05, 3.63) is 30.1 Å². The van der Waals surface area contributed by atoms with Gasteiger partial charge < -0.3 is 5.32 Å². The van der Waals surface area contributed by atoms with Gasteiger partial charge in [0.25, 0.3) is 0 Å². The van der Waals surface area contributed by atoms with Gasteiger partial charge in [0, 0.05) is 25.0 Å². The number of nitrogens with one attached hydrogen (secondary N) is 2. The van der Waals surface area contributed by atoms with Gasteiger partial charge in [0.1, 0.15) is 0 Å². The van der Waals surface area contributed by atoms with Crippen LogP contribution in [0.5, 0.6) is 0 Å². The molecule has 0 bridgehead atoms. The average molecular weight is 263 g/mol. The highest BCUT2D eigenvalue weighted by atomic mass is 16.2. The molecule has 0 aliphatic carbocycles. The van der Waals surface area contributed by atoms with Crippen molar-refractivity contribution < 1.29 is 4.79 Å². The molecule has 0 spiro atoms. The molecule has 1 aromatic rings. The third kappa shape index (κ3) is 5.83. The van der Waals surface area contributed by atoms with Gasteiger partial charge in [0.2, 0.25) is 5.91 Å². The van der Waals surface area contributed by atoms with Gasteiger partial charge >= 0.3 is 0 Å². The highest BCUT2D eigenvalue weighted by Gasteiger charge is 2.15. The fraction of sp³-hybridized carbons (Fsp3) is 0.600. The van der Waals surface area contributed by atoms with Crippen molar-refractivity contribution in [2.45, 2.75) is 52.1 Å². The van der Waals surface area contributed by atoms with Crippen LogP contribution in [0.3, 0.4) is 0 Å². The molecule has 0 aliphatic rings. The topological polar surface area (TPSA) is 54.0 Å². The number of unbranched alkanes of at least 4 members (excludes halogenated alkanes) is 2. The smallest absolute Gasteiger partial charge is 0.236 e. The van der Waals surface area contributed by atoms with Gasteiger partial charge in [-0.15, -0.1) is 0 Å². The van der Waals surface area contributed by atoms with Crippen molar-refractivity contribution in [1.29, 1.82) is 0 Å². The summed E-state index contributed by atoms with van der Waals surface area (Å²) in [5.74, 6) is 0.0667. The number of pyridine rings is 1. The molecule has 106 valence electrons. The first-order valence-electron chi connectivity index (χ1n) is 7.08. The molecule has 0 aromatic carbocycles. The summed E-state index contributed by atoms with van der Waals surface area (Å²) in [6, 6.07) is 3.87. The van der Waals surface area contributed by atoms with Crippen LogP contribution in [0.2, 0.25) is 0 Å². The Kier molecular flexibility index (Phi) is 7.11. The van der Waals surface area contributed by atoms with Crippen molar-refractivity contribution in [3.8, 4) is 0 Å². The maximum absolute atomic E-state index is 11.9. The molecule has 0 saturated carbocycles. The Morgan fingerprint density at radius 2 is 1.95 bits per heavy atom. The molecule has 2 N–H and O–H groups in total. The van der Waals surface area contributed by atoms with E-state index in [1.54, 1.807) is 12.4 Å². The average Bonchev–Trinajstić information content (AvgIpc) is 2.44. The zero-order valence-electron chi connectivity index (χ0n) is 12.1. The monoisotopic (exact) mass is 263 g/mol. The quantitative estimate of drug-likeness (QED) is 0.708. The van der Waals surface area contributed by atoms with E-state index in [1.165, 1.54) is 6.42 Å². The SMILES string of the molecule is CCCCCNC(=O)C(C)N[C@@H](C)c1ccncc1. The summed E-state index contributed by atoms with van der Waals surface area (Å²) in [5, 5.41) is 6.26. The van der Waals surface area contributed by atoms with Gasteiger partial charge in [-0.25, -0.2) is 0 Å².